The third-order valence-corrected chi connectivity index (χ3v) is 6.71. The van der Waals surface area contributed by atoms with Gasteiger partial charge in [-0.3, -0.25) is 4.18 Å². The fraction of sp³-hybridized carbons (Fsp3) is 0.435. The quantitative estimate of drug-likeness (QED) is 0.454. The summed E-state index contributed by atoms with van der Waals surface area (Å²) in [5, 5.41) is 0. The van der Waals surface area contributed by atoms with Gasteiger partial charge in [0.05, 0.1) is 11.5 Å². The van der Waals surface area contributed by atoms with Crippen LogP contribution in [0.1, 0.15) is 36.8 Å². The summed E-state index contributed by atoms with van der Waals surface area (Å²) in [5.74, 6) is 0.467. The van der Waals surface area contributed by atoms with Crippen LogP contribution < -0.4 is 0 Å². The van der Waals surface area contributed by atoms with Gasteiger partial charge in [0.25, 0.3) is 10.1 Å². The van der Waals surface area contributed by atoms with Crippen molar-refractivity contribution in [3.8, 4) is 0 Å². The first-order valence-electron chi connectivity index (χ1n) is 10.4. The zero-order valence-electron chi connectivity index (χ0n) is 17.3. The molecule has 1 heterocycles. The Labute approximate surface area is 178 Å². The molecule has 2 aromatic carbocycles. The molecule has 0 unspecified atom stereocenters. The van der Waals surface area contributed by atoms with Gasteiger partial charge in [0.15, 0.2) is 0 Å². The first kappa shape index (κ1) is 22.3. The number of nitrogens with zero attached hydrogens (tertiary/aromatic N) is 1. The topological polar surface area (TPSA) is 72.9 Å². The van der Waals surface area contributed by atoms with Crippen LogP contribution in [0.15, 0.2) is 59.5 Å². The van der Waals surface area contributed by atoms with E-state index in [0.29, 0.717) is 25.4 Å². The molecule has 1 saturated heterocycles. The minimum absolute atomic E-state index is 0.176. The van der Waals surface area contributed by atoms with Crippen molar-refractivity contribution in [1.29, 1.82) is 0 Å². The third kappa shape index (κ3) is 6.57. The molecule has 0 spiro atoms. The summed E-state index contributed by atoms with van der Waals surface area (Å²) in [5.41, 5.74) is 1.98. The van der Waals surface area contributed by atoms with Crippen molar-refractivity contribution in [3.05, 3.63) is 65.7 Å². The smallest absolute Gasteiger partial charge is 0.410 e. The number of ether oxygens (including phenoxy) is 1. The summed E-state index contributed by atoms with van der Waals surface area (Å²) in [6.45, 7) is 3.70. The van der Waals surface area contributed by atoms with E-state index in [9.17, 15) is 13.2 Å². The molecule has 0 aromatic heterocycles. The number of hydrogen-bond donors (Lipinski definition) is 0. The summed E-state index contributed by atoms with van der Waals surface area (Å²) >= 11 is 0. The fourth-order valence-corrected chi connectivity index (χ4v) is 4.47. The fourth-order valence-electron chi connectivity index (χ4n) is 3.53. The molecule has 6 nitrogen and oxygen atoms in total. The Hall–Kier alpha value is -2.38. The number of benzene rings is 2. The van der Waals surface area contributed by atoms with Crippen LogP contribution in [0.3, 0.4) is 0 Å². The van der Waals surface area contributed by atoms with Gasteiger partial charge in [-0.2, -0.15) is 8.42 Å². The van der Waals surface area contributed by atoms with E-state index in [2.05, 4.69) is 0 Å². The van der Waals surface area contributed by atoms with Crippen molar-refractivity contribution in [2.45, 2.75) is 44.1 Å². The minimum Gasteiger partial charge on any atom is -0.445 e. The second kappa shape index (κ2) is 10.6. The second-order valence-corrected chi connectivity index (χ2v) is 9.32. The van der Waals surface area contributed by atoms with Gasteiger partial charge in [0.2, 0.25) is 0 Å². The maximum atomic E-state index is 12.2. The largest absolute Gasteiger partial charge is 0.445 e. The van der Waals surface area contributed by atoms with Crippen molar-refractivity contribution < 1.29 is 22.1 Å². The van der Waals surface area contributed by atoms with Crippen LogP contribution in [0.2, 0.25) is 0 Å². The molecule has 1 aliphatic heterocycles. The molecule has 1 amide bonds. The van der Waals surface area contributed by atoms with Crippen molar-refractivity contribution in [2.75, 3.05) is 19.7 Å². The molecule has 2 aromatic rings. The highest BCUT2D eigenvalue weighted by molar-refractivity contribution is 7.86. The van der Waals surface area contributed by atoms with Gasteiger partial charge in [-0.25, -0.2) is 4.79 Å². The van der Waals surface area contributed by atoms with Gasteiger partial charge in [-0.05, 0) is 56.2 Å². The lowest BCUT2D eigenvalue weighted by Gasteiger charge is -2.31. The molecule has 0 saturated carbocycles. The highest BCUT2D eigenvalue weighted by Gasteiger charge is 2.24. The Morgan fingerprint density at radius 3 is 2.37 bits per heavy atom. The molecule has 0 aliphatic carbocycles. The molecule has 0 radical (unpaired) electrons. The molecule has 1 aliphatic rings. The van der Waals surface area contributed by atoms with Gasteiger partial charge in [0, 0.05) is 13.1 Å². The number of amides is 1. The SMILES string of the molecule is Cc1ccc(S(=O)(=O)OCCCC2CCN(C(=O)OCc3ccccc3)CC2)cc1. The molecular formula is C23H29NO5S. The Balaban J connectivity index is 1.33. The van der Waals surface area contributed by atoms with Crippen LogP contribution in [-0.4, -0.2) is 39.1 Å². The van der Waals surface area contributed by atoms with Crippen LogP contribution in [0.5, 0.6) is 0 Å². The summed E-state index contributed by atoms with van der Waals surface area (Å²) in [6.07, 6.45) is 3.07. The van der Waals surface area contributed by atoms with Crippen LogP contribution in [0.25, 0.3) is 0 Å². The molecule has 3 rings (SSSR count). The predicted molar refractivity (Wildman–Crippen MR) is 114 cm³/mol. The lowest BCUT2D eigenvalue weighted by Crippen LogP contribution is -2.38. The van der Waals surface area contributed by atoms with Gasteiger partial charge < -0.3 is 9.64 Å². The van der Waals surface area contributed by atoms with Crippen molar-refractivity contribution in [3.63, 3.8) is 0 Å². The van der Waals surface area contributed by atoms with Gasteiger partial charge >= 0.3 is 6.09 Å². The Bertz CT molecular complexity index is 904. The Morgan fingerprint density at radius 1 is 1.03 bits per heavy atom. The van der Waals surface area contributed by atoms with Crippen LogP contribution in [0, 0.1) is 12.8 Å². The summed E-state index contributed by atoms with van der Waals surface area (Å²) in [7, 11) is -3.70. The van der Waals surface area contributed by atoms with Crippen molar-refractivity contribution >= 4 is 16.2 Å². The number of hydrogen-bond acceptors (Lipinski definition) is 5. The van der Waals surface area contributed by atoms with E-state index >= 15 is 0 Å². The average Bonchev–Trinajstić information content (AvgIpc) is 2.76. The molecule has 1 fully saturated rings. The molecule has 0 bridgehead atoms. The Morgan fingerprint density at radius 2 is 1.70 bits per heavy atom. The van der Waals surface area contributed by atoms with E-state index in [1.807, 2.05) is 37.3 Å². The van der Waals surface area contributed by atoms with Crippen LogP contribution in [-0.2, 0) is 25.6 Å². The summed E-state index contributed by atoms with van der Waals surface area (Å²) in [4.78, 5) is 14.2. The zero-order chi connectivity index (χ0) is 21.4. The molecule has 162 valence electrons. The summed E-state index contributed by atoms with van der Waals surface area (Å²) in [6, 6.07) is 16.3. The lowest BCUT2D eigenvalue weighted by molar-refractivity contribution is 0.0809. The standard InChI is InChI=1S/C23H29NO5S/c1-19-9-11-22(12-10-19)30(26,27)29-17-5-8-20-13-15-24(16-14-20)23(25)28-18-21-6-3-2-4-7-21/h2-4,6-7,9-12,20H,5,8,13-18H2,1H3. The first-order valence-corrected chi connectivity index (χ1v) is 11.8. The number of likely N-dealkylation sites (tertiary alicyclic amines) is 1. The number of carbonyl (C=O) groups is 1. The third-order valence-electron chi connectivity index (χ3n) is 5.38. The predicted octanol–water partition coefficient (Wildman–Crippen LogP) is 4.53. The van der Waals surface area contributed by atoms with Crippen LogP contribution in [0.4, 0.5) is 4.79 Å². The van der Waals surface area contributed by atoms with E-state index in [-0.39, 0.29) is 24.2 Å². The molecule has 0 N–H and O–H groups in total. The zero-order valence-corrected chi connectivity index (χ0v) is 18.1. The van der Waals surface area contributed by atoms with E-state index in [4.69, 9.17) is 8.92 Å². The van der Waals surface area contributed by atoms with E-state index in [1.54, 1.807) is 29.2 Å². The highest BCUT2D eigenvalue weighted by Crippen LogP contribution is 2.23. The summed E-state index contributed by atoms with van der Waals surface area (Å²) < 4.78 is 34.9. The second-order valence-electron chi connectivity index (χ2n) is 7.70. The number of aryl methyl sites for hydroxylation is 1. The number of carbonyl (C=O) groups excluding carboxylic acids is 1. The lowest BCUT2D eigenvalue weighted by atomic mass is 9.92. The number of rotatable bonds is 8. The van der Waals surface area contributed by atoms with Gasteiger partial charge in [-0.1, -0.05) is 48.0 Å². The van der Waals surface area contributed by atoms with Crippen molar-refractivity contribution in [2.24, 2.45) is 5.92 Å². The van der Waals surface area contributed by atoms with E-state index < -0.39 is 10.1 Å². The average molecular weight is 432 g/mol. The minimum atomic E-state index is -3.70. The van der Waals surface area contributed by atoms with Gasteiger partial charge in [0.1, 0.15) is 6.61 Å². The van der Waals surface area contributed by atoms with Gasteiger partial charge in [-0.15, -0.1) is 0 Å². The molecule has 0 atom stereocenters. The molecule has 7 heteroatoms. The monoisotopic (exact) mass is 431 g/mol. The highest BCUT2D eigenvalue weighted by atomic mass is 32.2. The molecular weight excluding hydrogens is 402 g/mol. The van der Waals surface area contributed by atoms with Crippen LogP contribution >= 0.6 is 0 Å². The molecule has 30 heavy (non-hydrogen) atoms. The maximum Gasteiger partial charge on any atom is 0.410 e. The number of piperidine rings is 1. The van der Waals surface area contributed by atoms with Crippen molar-refractivity contribution in [1.82, 2.24) is 4.90 Å². The maximum absolute atomic E-state index is 12.2. The first-order chi connectivity index (χ1) is 14.4. The normalized spacial score (nSPS) is 15.2. The van der Waals surface area contributed by atoms with E-state index in [0.717, 1.165) is 30.4 Å². The Kier molecular flexibility index (Phi) is 7.87. The van der Waals surface area contributed by atoms with E-state index in [1.165, 1.54) is 0 Å².